The number of nitrogens with two attached hydrogens (primary N) is 1. The van der Waals surface area contributed by atoms with Crippen LogP contribution >= 0.6 is 11.8 Å². The number of carbonyl (C=O) groups is 4. The van der Waals surface area contributed by atoms with Crippen LogP contribution in [0.25, 0.3) is 0 Å². The second-order valence-electron chi connectivity index (χ2n) is 8.67. The number of para-hydroxylation sites is 1. The van der Waals surface area contributed by atoms with E-state index in [9.17, 15) is 28.0 Å². The molecule has 0 aromatic heterocycles. The number of fused-ring (bicyclic) bond motifs is 1. The highest BCUT2D eigenvalue weighted by Gasteiger charge is 2.37. The number of benzene rings is 3. The van der Waals surface area contributed by atoms with Crippen LogP contribution in [0.15, 0.2) is 77.7 Å². The van der Waals surface area contributed by atoms with Crippen molar-refractivity contribution in [1.82, 2.24) is 10.6 Å². The second kappa shape index (κ2) is 11.9. The third-order valence-electron chi connectivity index (χ3n) is 5.75. The van der Waals surface area contributed by atoms with Crippen molar-refractivity contribution < 1.29 is 28.0 Å². The highest BCUT2D eigenvalue weighted by Crippen LogP contribution is 2.43. The van der Waals surface area contributed by atoms with Gasteiger partial charge in [0.25, 0.3) is 0 Å². The highest BCUT2D eigenvalue weighted by atomic mass is 32.2. The van der Waals surface area contributed by atoms with E-state index in [2.05, 4.69) is 16.0 Å². The maximum Gasteiger partial charge on any atom is 0.248 e. The highest BCUT2D eigenvalue weighted by molar-refractivity contribution is 7.99. The van der Waals surface area contributed by atoms with Crippen LogP contribution in [0.3, 0.4) is 0 Å². The van der Waals surface area contributed by atoms with Crippen molar-refractivity contribution in [2.24, 2.45) is 5.73 Å². The number of anilines is 1. The van der Waals surface area contributed by atoms with Gasteiger partial charge in [0.2, 0.25) is 23.6 Å². The van der Waals surface area contributed by atoms with Gasteiger partial charge in [-0.25, -0.2) is 8.78 Å². The zero-order valence-corrected chi connectivity index (χ0v) is 20.8. The van der Waals surface area contributed by atoms with E-state index in [4.69, 9.17) is 5.73 Å². The molecule has 38 heavy (non-hydrogen) atoms. The standard InChI is InChI=1S/C27H24F2N4O4S/c28-17-10-15(11-18(29)13-17)12-23(35)31-20(14-22(30)34)26(36)33-24-25(16-6-2-1-3-7-16)38-21-9-5-4-8-19(21)32-27(24)37/h1-11,13,20,24-25H,12,14H2,(H2,30,34)(H,31,35)(H,32,37)(H,33,36)/t20-,24-,25+/m0/s1. The Kier molecular flexibility index (Phi) is 8.37. The van der Waals surface area contributed by atoms with Gasteiger partial charge in [-0.05, 0) is 35.4 Å². The van der Waals surface area contributed by atoms with Crippen LogP contribution in [0.4, 0.5) is 14.5 Å². The van der Waals surface area contributed by atoms with E-state index in [1.807, 2.05) is 42.5 Å². The van der Waals surface area contributed by atoms with Gasteiger partial charge < -0.3 is 21.7 Å². The van der Waals surface area contributed by atoms with Gasteiger partial charge in [-0.2, -0.15) is 0 Å². The van der Waals surface area contributed by atoms with E-state index in [-0.39, 0.29) is 5.56 Å². The van der Waals surface area contributed by atoms with Gasteiger partial charge in [0, 0.05) is 11.0 Å². The van der Waals surface area contributed by atoms with Crippen molar-refractivity contribution in [3.63, 3.8) is 0 Å². The number of hydrogen-bond acceptors (Lipinski definition) is 5. The van der Waals surface area contributed by atoms with Gasteiger partial charge in [0.05, 0.1) is 23.8 Å². The number of hydrogen-bond donors (Lipinski definition) is 4. The first-order chi connectivity index (χ1) is 18.2. The molecule has 0 saturated heterocycles. The summed E-state index contributed by atoms with van der Waals surface area (Å²) in [6.07, 6.45) is -0.994. The van der Waals surface area contributed by atoms with Gasteiger partial charge in [0.1, 0.15) is 23.7 Å². The Bertz CT molecular complexity index is 1350. The number of rotatable bonds is 8. The summed E-state index contributed by atoms with van der Waals surface area (Å²) in [6, 6.07) is 16.5. The normalized spacial score (nSPS) is 17.4. The average molecular weight is 539 g/mol. The monoisotopic (exact) mass is 538 g/mol. The summed E-state index contributed by atoms with van der Waals surface area (Å²) in [6.45, 7) is 0. The van der Waals surface area contributed by atoms with Crippen molar-refractivity contribution in [3.05, 3.63) is 95.6 Å². The molecule has 0 fully saturated rings. The quantitative estimate of drug-likeness (QED) is 0.351. The lowest BCUT2D eigenvalue weighted by Crippen LogP contribution is -2.54. The van der Waals surface area contributed by atoms with E-state index >= 15 is 0 Å². The van der Waals surface area contributed by atoms with Crippen LogP contribution < -0.4 is 21.7 Å². The zero-order valence-electron chi connectivity index (χ0n) is 19.9. The molecule has 5 N–H and O–H groups in total. The fraction of sp³-hybridized carbons (Fsp3) is 0.185. The van der Waals surface area contributed by atoms with Crippen molar-refractivity contribution in [1.29, 1.82) is 0 Å². The molecule has 4 amide bonds. The summed E-state index contributed by atoms with van der Waals surface area (Å²) in [5.41, 5.74) is 6.71. The molecule has 11 heteroatoms. The van der Waals surface area contributed by atoms with Gasteiger partial charge in [0.15, 0.2) is 0 Å². The molecule has 8 nitrogen and oxygen atoms in total. The van der Waals surface area contributed by atoms with Gasteiger partial charge in [-0.1, -0.05) is 42.5 Å². The van der Waals surface area contributed by atoms with Crippen LogP contribution in [0, 0.1) is 11.6 Å². The summed E-state index contributed by atoms with van der Waals surface area (Å²) < 4.78 is 27.0. The minimum atomic E-state index is -1.42. The Labute approximate surface area is 221 Å². The maximum absolute atomic E-state index is 13.5. The molecule has 3 aromatic carbocycles. The van der Waals surface area contributed by atoms with Crippen molar-refractivity contribution in [3.8, 4) is 0 Å². The van der Waals surface area contributed by atoms with Crippen LogP contribution in [0.2, 0.25) is 0 Å². The summed E-state index contributed by atoms with van der Waals surface area (Å²) in [5.74, 6) is -4.63. The van der Waals surface area contributed by atoms with Gasteiger partial charge in [-0.3, -0.25) is 19.2 Å². The number of amides is 4. The number of halogens is 2. The molecule has 0 aliphatic carbocycles. The first kappa shape index (κ1) is 26.8. The Morgan fingerprint density at radius 2 is 1.63 bits per heavy atom. The fourth-order valence-corrected chi connectivity index (χ4v) is 5.38. The second-order valence-corrected chi connectivity index (χ2v) is 9.85. The van der Waals surface area contributed by atoms with Crippen molar-refractivity contribution in [2.45, 2.75) is 35.1 Å². The molecule has 0 bridgehead atoms. The summed E-state index contributed by atoms with van der Waals surface area (Å²) in [4.78, 5) is 51.7. The van der Waals surface area contributed by atoms with Gasteiger partial charge >= 0.3 is 0 Å². The molecule has 0 spiro atoms. The SMILES string of the molecule is NC(=O)C[C@H](NC(=O)Cc1cc(F)cc(F)c1)C(=O)N[C@@H]1C(=O)Nc2ccccc2S[C@@H]1c1ccccc1. The molecule has 1 aliphatic rings. The lowest BCUT2D eigenvalue weighted by molar-refractivity contribution is -0.132. The molecular weight excluding hydrogens is 514 g/mol. The molecule has 3 atom stereocenters. The molecule has 1 heterocycles. The predicted molar refractivity (Wildman–Crippen MR) is 138 cm³/mol. The van der Waals surface area contributed by atoms with E-state index in [1.54, 1.807) is 12.1 Å². The number of thioether (sulfide) groups is 1. The van der Waals surface area contributed by atoms with Gasteiger partial charge in [-0.15, -0.1) is 11.8 Å². The third kappa shape index (κ3) is 6.74. The lowest BCUT2D eigenvalue weighted by Gasteiger charge is -2.27. The van der Waals surface area contributed by atoms with E-state index in [1.165, 1.54) is 11.8 Å². The minimum absolute atomic E-state index is 0.0414. The van der Waals surface area contributed by atoms with Crippen LogP contribution in [0.1, 0.15) is 22.8 Å². The topological polar surface area (TPSA) is 130 Å². The Hall–Kier alpha value is -4.25. The summed E-state index contributed by atoms with van der Waals surface area (Å²) >= 11 is 1.38. The smallest absolute Gasteiger partial charge is 0.248 e. The van der Waals surface area contributed by atoms with Crippen molar-refractivity contribution in [2.75, 3.05) is 5.32 Å². The molecule has 0 unspecified atom stereocenters. The maximum atomic E-state index is 13.5. The first-order valence-corrected chi connectivity index (χ1v) is 12.5. The molecule has 4 rings (SSSR count). The molecule has 3 aromatic rings. The zero-order chi connectivity index (χ0) is 27.2. The Balaban J connectivity index is 1.56. The Morgan fingerprint density at radius 1 is 0.974 bits per heavy atom. The van der Waals surface area contributed by atoms with Crippen LogP contribution in [-0.2, 0) is 25.6 Å². The van der Waals surface area contributed by atoms with E-state index in [0.29, 0.717) is 11.8 Å². The largest absolute Gasteiger partial charge is 0.370 e. The molecular formula is C27H24F2N4O4S. The predicted octanol–water partition coefficient (Wildman–Crippen LogP) is 2.84. The molecule has 0 radical (unpaired) electrons. The minimum Gasteiger partial charge on any atom is -0.370 e. The van der Waals surface area contributed by atoms with Crippen LogP contribution in [-0.4, -0.2) is 35.7 Å². The van der Waals surface area contributed by atoms with E-state index < -0.39 is 65.4 Å². The molecule has 0 saturated carbocycles. The number of carbonyl (C=O) groups excluding carboxylic acids is 4. The van der Waals surface area contributed by atoms with E-state index in [0.717, 1.165) is 22.6 Å². The molecule has 196 valence electrons. The number of nitrogens with one attached hydrogen (secondary N) is 3. The number of primary amides is 1. The Morgan fingerprint density at radius 3 is 2.32 bits per heavy atom. The summed E-state index contributed by atoms with van der Waals surface area (Å²) in [7, 11) is 0. The first-order valence-electron chi connectivity index (χ1n) is 11.6. The average Bonchev–Trinajstić information content (AvgIpc) is 2.99. The third-order valence-corrected chi connectivity index (χ3v) is 7.16. The molecule has 1 aliphatic heterocycles. The van der Waals surface area contributed by atoms with Crippen LogP contribution in [0.5, 0.6) is 0 Å². The fourth-order valence-electron chi connectivity index (χ4n) is 4.08. The summed E-state index contributed by atoms with van der Waals surface area (Å²) in [5, 5.41) is 7.34. The van der Waals surface area contributed by atoms with Crippen molar-refractivity contribution >= 4 is 41.1 Å². The lowest BCUT2D eigenvalue weighted by atomic mass is 10.0.